The van der Waals surface area contributed by atoms with Crippen molar-refractivity contribution in [2.75, 3.05) is 12.0 Å². The van der Waals surface area contributed by atoms with E-state index in [9.17, 15) is 13.2 Å². The van der Waals surface area contributed by atoms with Crippen LogP contribution in [-0.4, -0.2) is 26.3 Å². The molecule has 0 fully saturated rings. The van der Waals surface area contributed by atoms with Crippen molar-refractivity contribution < 1.29 is 13.2 Å². The molecule has 0 aliphatic heterocycles. The highest BCUT2D eigenvalue weighted by atomic mass is 35.5. The molecule has 0 bridgehead atoms. The highest BCUT2D eigenvalue weighted by molar-refractivity contribution is 7.90. The molecule has 4 nitrogen and oxygen atoms in total. The van der Waals surface area contributed by atoms with E-state index in [4.69, 9.17) is 23.2 Å². The summed E-state index contributed by atoms with van der Waals surface area (Å²) in [5.41, 5.74) is 0.803. The number of sulfone groups is 1. The summed E-state index contributed by atoms with van der Waals surface area (Å²) >= 11 is 11.6. The lowest BCUT2D eigenvalue weighted by Gasteiger charge is -2.06. The van der Waals surface area contributed by atoms with Gasteiger partial charge in [-0.25, -0.2) is 8.42 Å². The minimum atomic E-state index is -3.11. The zero-order chi connectivity index (χ0) is 13.8. The Morgan fingerprint density at radius 1 is 1.28 bits per heavy atom. The van der Waals surface area contributed by atoms with Crippen molar-refractivity contribution in [3.05, 3.63) is 33.8 Å². The molecule has 100 valence electrons. The summed E-state index contributed by atoms with van der Waals surface area (Å²) in [4.78, 5) is 11.4. The molecule has 0 radical (unpaired) electrons. The van der Waals surface area contributed by atoms with Gasteiger partial charge in [-0.3, -0.25) is 4.79 Å². The topological polar surface area (TPSA) is 63.2 Å². The molecule has 0 unspecified atom stereocenters. The van der Waals surface area contributed by atoms with E-state index in [2.05, 4.69) is 5.32 Å². The summed E-state index contributed by atoms with van der Waals surface area (Å²) < 4.78 is 21.8. The van der Waals surface area contributed by atoms with E-state index < -0.39 is 9.84 Å². The van der Waals surface area contributed by atoms with Gasteiger partial charge in [-0.1, -0.05) is 29.3 Å². The van der Waals surface area contributed by atoms with Gasteiger partial charge in [0.15, 0.2) is 0 Å². The van der Waals surface area contributed by atoms with Gasteiger partial charge < -0.3 is 5.32 Å². The number of rotatable bonds is 5. The summed E-state index contributed by atoms with van der Waals surface area (Å²) in [5, 5.41) is 3.48. The summed E-state index contributed by atoms with van der Waals surface area (Å²) in [6, 6.07) is 5.04. The molecule has 1 rings (SSSR count). The molecule has 0 aromatic heterocycles. The molecule has 18 heavy (non-hydrogen) atoms. The molecule has 0 atom stereocenters. The number of nitrogens with one attached hydrogen (secondary N) is 1. The maximum Gasteiger partial charge on any atom is 0.221 e. The van der Waals surface area contributed by atoms with E-state index in [1.54, 1.807) is 18.2 Å². The van der Waals surface area contributed by atoms with Crippen LogP contribution in [0, 0.1) is 0 Å². The summed E-state index contributed by atoms with van der Waals surface area (Å²) in [5.74, 6) is -0.466. The van der Waals surface area contributed by atoms with Crippen LogP contribution in [0.2, 0.25) is 10.0 Å². The van der Waals surface area contributed by atoms with Crippen molar-refractivity contribution in [1.82, 2.24) is 5.32 Å². The number of amides is 1. The predicted octanol–water partition coefficient (Wildman–Crippen LogP) is 2.04. The Morgan fingerprint density at radius 3 is 2.50 bits per heavy atom. The zero-order valence-electron chi connectivity index (χ0n) is 9.74. The monoisotopic (exact) mass is 309 g/mol. The van der Waals surface area contributed by atoms with Crippen LogP contribution in [0.15, 0.2) is 18.2 Å². The number of carbonyl (C=O) groups excluding carboxylic acids is 1. The largest absolute Gasteiger partial charge is 0.352 e. The predicted molar refractivity (Wildman–Crippen MR) is 72.6 cm³/mol. The molecule has 1 aromatic rings. The Labute approximate surface area is 116 Å². The third kappa shape index (κ3) is 5.71. The highest BCUT2D eigenvalue weighted by Gasteiger charge is 2.08. The average Bonchev–Trinajstić information content (AvgIpc) is 2.27. The van der Waals surface area contributed by atoms with E-state index in [1.165, 1.54) is 0 Å². The van der Waals surface area contributed by atoms with Gasteiger partial charge in [0.05, 0.1) is 15.8 Å². The average molecular weight is 310 g/mol. The van der Waals surface area contributed by atoms with Crippen LogP contribution >= 0.6 is 23.2 Å². The Hall–Kier alpha value is -0.780. The summed E-state index contributed by atoms with van der Waals surface area (Å²) in [6.45, 7) is 0.291. The van der Waals surface area contributed by atoms with Crippen LogP contribution in [0.1, 0.15) is 12.0 Å². The molecule has 1 amide bonds. The van der Waals surface area contributed by atoms with E-state index in [-0.39, 0.29) is 18.1 Å². The number of hydrogen-bond donors (Lipinski definition) is 1. The van der Waals surface area contributed by atoms with Crippen LogP contribution in [-0.2, 0) is 21.2 Å². The summed E-state index contributed by atoms with van der Waals surface area (Å²) in [6.07, 6.45) is 1.05. The third-order valence-electron chi connectivity index (χ3n) is 2.17. The number of carbonyl (C=O) groups is 1. The smallest absolute Gasteiger partial charge is 0.221 e. The number of halogens is 2. The van der Waals surface area contributed by atoms with Crippen molar-refractivity contribution in [2.45, 2.75) is 13.0 Å². The minimum absolute atomic E-state index is 0.0415. The van der Waals surface area contributed by atoms with E-state index >= 15 is 0 Å². The quantitative estimate of drug-likeness (QED) is 0.905. The van der Waals surface area contributed by atoms with Gasteiger partial charge in [-0.05, 0) is 17.7 Å². The van der Waals surface area contributed by atoms with Crippen LogP contribution in [0.3, 0.4) is 0 Å². The lowest BCUT2D eigenvalue weighted by Crippen LogP contribution is -2.24. The second-order valence-corrected chi connectivity index (χ2v) is 6.98. The van der Waals surface area contributed by atoms with Gasteiger partial charge >= 0.3 is 0 Å². The molecule has 0 spiro atoms. The molecule has 0 heterocycles. The van der Waals surface area contributed by atoms with Crippen molar-refractivity contribution in [1.29, 1.82) is 0 Å². The number of benzene rings is 1. The molecule has 1 N–H and O–H groups in total. The molecule has 1 aromatic carbocycles. The van der Waals surface area contributed by atoms with Gasteiger partial charge in [0.2, 0.25) is 5.91 Å². The molecule has 0 aliphatic rings. The minimum Gasteiger partial charge on any atom is -0.352 e. The van der Waals surface area contributed by atoms with Crippen molar-refractivity contribution in [3.8, 4) is 0 Å². The fraction of sp³-hybridized carbons (Fsp3) is 0.364. The Kier molecular flexibility index (Phi) is 5.44. The fourth-order valence-corrected chi connectivity index (χ4v) is 2.09. The maximum atomic E-state index is 11.4. The first-order valence-corrected chi connectivity index (χ1v) is 7.98. The Bertz CT molecular complexity index is 543. The second kappa shape index (κ2) is 6.41. The Morgan fingerprint density at radius 2 is 1.94 bits per heavy atom. The van der Waals surface area contributed by atoms with Crippen LogP contribution in [0.25, 0.3) is 0 Å². The first-order valence-electron chi connectivity index (χ1n) is 5.16. The standard InChI is InChI=1S/C11H13Cl2NO3S/c1-18(16,17)5-4-11(15)14-7-8-2-3-9(12)10(13)6-8/h2-3,6H,4-5,7H2,1H3,(H,14,15). The van der Waals surface area contributed by atoms with Gasteiger partial charge in [-0.2, -0.15) is 0 Å². The third-order valence-corrected chi connectivity index (χ3v) is 3.86. The van der Waals surface area contributed by atoms with Gasteiger partial charge in [0.1, 0.15) is 9.84 Å². The molecule has 7 heteroatoms. The normalized spacial score (nSPS) is 11.3. The van der Waals surface area contributed by atoms with Gasteiger partial charge in [0.25, 0.3) is 0 Å². The van der Waals surface area contributed by atoms with Crippen molar-refractivity contribution >= 4 is 38.9 Å². The Balaban J connectivity index is 2.45. The van der Waals surface area contributed by atoms with Gasteiger partial charge in [0, 0.05) is 19.2 Å². The molecule has 0 saturated carbocycles. The first-order chi connectivity index (χ1) is 8.28. The maximum absolute atomic E-state index is 11.4. The second-order valence-electron chi connectivity index (χ2n) is 3.91. The van der Waals surface area contributed by atoms with Crippen LogP contribution in [0.4, 0.5) is 0 Å². The van der Waals surface area contributed by atoms with Crippen molar-refractivity contribution in [3.63, 3.8) is 0 Å². The molecular weight excluding hydrogens is 297 g/mol. The van der Waals surface area contributed by atoms with E-state index in [0.29, 0.717) is 16.6 Å². The van der Waals surface area contributed by atoms with Gasteiger partial charge in [-0.15, -0.1) is 0 Å². The van der Waals surface area contributed by atoms with Crippen molar-refractivity contribution in [2.24, 2.45) is 0 Å². The van der Waals surface area contributed by atoms with Crippen LogP contribution in [0.5, 0.6) is 0 Å². The van der Waals surface area contributed by atoms with E-state index in [0.717, 1.165) is 11.8 Å². The fourth-order valence-electron chi connectivity index (χ4n) is 1.22. The van der Waals surface area contributed by atoms with Crippen LogP contribution < -0.4 is 5.32 Å². The van der Waals surface area contributed by atoms with E-state index in [1.807, 2.05) is 0 Å². The lowest BCUT2D eigenvalue weighted by atomic mass is 10.2. The lowest BCUT2D eigenvalue weighted by molar-refractivity contribution is -0.120. The molecular formula is C11H13Cl2NO3S. The first kappa shape index (κ1) is 15.3. The number of hydrogen-bond acceptors (Lipinski definition) is 3. The zero-order valence-corrected chi connectivity index (χ0v) is 12.1. The SMILES string of the molecule is CS(=O)(=O)CCC(=O)NCc1ccc(Cl)c(Cl)c1. The summed E-state index contributed by atoms with van der Waals surface area (Å²) in [7, 11) is -3.11. The molecule has 0 aliphatic carbocycles. The highest BCUT2D eigenvalue weighted by Crippen LogP contribution is 2.22. The molecule has 0 saturated heterocycles.